The second kappa shape index (κ2) is 9.59. The summed E-state index contributed by atoms with van der Waals surface area (Å²) in [6, 6.07) is 7.12. The minimum atomic E-state index is -0.152. The predicted octanol–water partition coefficient (Wildman–Crippen LogP) is 2.10. The van der Waals surface area contributed by atoms with Gasteiger partial charge >= 0.3 is 0 Å². The Labute approximate surface area is 154 Å². The molecule has 0 aromatic heterocycles. The third-order valence-electron chi connectivity index (χ3n) is 4.18. The quantitative estimate of drug-likeness (QED) is 0.742. The van der Waals surface area contributed by atoms with Gasteiger partial charge in [-0.05, 0) is 37.8 Å². The Morgan fingerprint density at radius 3 is 2.68 bits per heavy atom. The first-order valence-corrected chi connectivity index (χ1v) is 9.24. The van der Waals surface area contributed by atoms with E-state index in [1.807, 2.05) is 24.1 Å². The lowest BCUT2D eigenvalue weighted by atomic mass is 10.2. The van der Waals surface area contributed by atoms with Gasteiger partial charge in [-0.25, -0.2) is 0 Å². The fraction of sp³-hybridized carbons (Fsp3) is 0.474. The minimum absolute atomic E-state index is 0.0815. The van der Waals surface area contributed by atoms with Gasteiger partial charge in [0.15, 0.2) is 13.1 Å². The number of likely N-dealkylation sites (N-methyl/N-ethyl adjacent to an activating group) is 1. The van der Waals surface area contributed by atoms with Crippen molar-refractivity contribution in [2.24, 2.45) is 0 Å². The SMILES string of the molecule is CCCN(C(=O)C[NH+](C)CC(=O)Nc1ccccc1Cl)C1=CCCC1. The predicted molar refractivity (Wildman–Crippen MR) is 101 cm³/mol. The van der Waals surface area contributed by atoms with Gasteiger partial charge in [0.05, 0.1) is 17.8 Å². The molecule has 136 valence electrons. The zero-order chi connectivity index (χ0) is 18.2. The van der Waals surface area contributed by atoms with Gasteiger partial charge in [-0.2, -0.15) is 0 Å². The summed E-state index contributed by atoms with van der Waals surface area (Å²) in [5.41, 5.74) is 1.73. The third kappa shape index (κ3) is 5.87. The number of carbonyl (C=O) groups is 2. The van der Waals surface area contributed by atoms with Crippen molar-refractivity contribution in [2.45, 2.75) is 32.6 Å². The van der Waals surface area contributed by atoms with E-state index in [1.54, 1.807) is 12.1 Å². The summed E-state index contributed by atoms with van der Waals surface area (Å²) in [4.78, 5) is 27.6. The molecule has 6 heteroatoms. The maximum atomic E-state index is 12.6. The van der Waals surface area contributed by atoms with E-state index in [9.17, 15) is 9.59 Å². The molecule has 0 fully saturated rings. The summed E-state index contributed by atoms with van der Waals surface area (Å²) >= 11 is 6.05. The third-order valence-corrected chi connectivity index (χ3v) is 4.50. The number of hydrogen-bond donors (Lipinski definition) is 2. The number of amides is 2. The van der Waals surface area contributed by atoms with Gasteiger partial charge in [0.1, 0.15) is 0 Å². The molecule has 0 spiro atoms. The zero-order valence-electron chi connectivity index (χ0n) is 15.0. The molecular formula is C19H27ClN3O2+. The highest BCUT2D eigenvalue weighted by atomic mass is 35.5. The first-order chi connectivity index (χ1) is 12.0. The lowest BCUT2D eigenvalue weighted by molar-refractivity contribution is -0.862. The molecule has 0 saturated heterocycles. The molecule has 1 aliphatic carbocycles. The van der Waals surface area contributed by atoms with Crippen LogP contribution >= 0.6 is 11.6 Å². The Balaban J connectivity index is 1.87. The number of nitrogens with zero attached hydrogens (tertiary/aromatic N) is 1. The number of nitrogens with one attached hydrogen (secondary N) is 2. The number of hydrogen-bond acceptors (Lipinski definition) is 2. The Bertz CT molecular complexity index is 645. The summed E-state index contributed by atoms with van der Waals surface area (Å²) < 4.78 is 0. The van der Waals surface area contributed by atoms with Crippen molar-refractivity contribution in [3.8, 4) is 0 Å². The molecule has 0 radical (unpaired) electrons. The van der Waals surface area contributed by atoms with Gasteiger partial charge < -0.3 is 15.1 Å². The summed E-state index contributed by atoms with van der Waals surface area (Å²) in [6.07, 6.45) is 6.22. The summed E-state index contributed by atoms with van der Waals surface area (Å²) in [5, 5.41) is 3.30. The maximum absolute atomic E-state index is 12.6. The number of benzene rings is 1. The van der Waals surface area contributed by atoms with Gasteiger partial charge in [-0.15, -0.1) is 0 Å². The highest BCUT2D eigenvalue weighted by molar-refractivity contribution is 6.33. The topological polar surface area (TPSA) is 53.9 Å². The van der Waals surface area contributed by atoms with Crippen LogP contribution in [0.1, 0.15) is 32.6 Å². The molecule has 1 aliphatic rings. The Hall–Kier alpha value is -1.85. The molecule has 2 N–H and O–H groups in total. The number of allylic oxidation sites excluding steroid dienone is 2. The number of para-hydroxylation sites is 1. The fourth-order valence-corrected chi connectivity index (χ4v) is 3.18. The van der Waals surface area contributed by atoms with Gasteiger partial charge in [0.25, 0.3) is 11.8 Å². The van der Waals surface area contributed by atoms with Crippen molar-refractivity contribution < 1.29 is 14.5 Å². The van der Waals surface area contributed by atoms with E-state index in [0.29, 0.717) is 17.3 Å². The smallest absolute Gasteiger partial charge is 0.281 e. The summed E-state index contributed by atoms with van der Waals surface area (Å²) in [7, 11) is 1.86. The van der Waals surface area contributed by atoms with E-state index in [1.165, 1.54) is 0 Å². The molecule has 0 bridgehead atoms. The fourth-order valence-electron chi connectivity index (χ4n) is 3.00. The average molecular weight is 365 g/mol. The van der Waals surface area contributed by atoms with E-state index in [2.05, 4.69) is 18.3 Å². The van der Waals surface area contributed by atoms with Crippen molar-refractivity contribution in [3.63, 3.8) is 0 Å². The van der Waals surface area contributed by atoms with Gasteiger partial charge in [-0.3, -0.25) is 9.59 Å². The number of quaternary nitrogens is 1. The molecular weight excluding hydrogens is 338 g/mol. The van der Waals surface area contributed by atoms with Gasteiger partial charge in [0, 0.05) is 12.2 Å². The van der Waals surface area contributed by atoms with Crippen LogP contribution in [0, 0.1) is 0 Å². The highest BCUT2D eigenvalue weighted by Crippen LogP contribution is 2.22. The number of anilines is 1. The largest absolute Gasteiger partial charge is 0.322 e. The summed E-state index contributed by atoms with van der Waals surface area (Å²) in [5.74, 6) is -0.0708. The molecule has 1 aromatic rings. The van der Waals surface area contributed by atoms with Crippen LogP contribution in [0.15, 0.2) is 36.0 Å². The lowest BCUT2D eigenvalue weighted by Crippen LogP contribution is -3.11. The van der Waals surface area contributed by atoms with Gasteiger partial charge in [-0.1, -0.05) is 36.7 Å². The van der Waals surface area contributed by atoms with Crippen molar-refractivity contribution in [3.05, 3.63) is 41.1 Å². The second-order valence-electron chi connectivity index (χ2n) is 6.47. The van der Waals surface area contributed by atoms with Crippen molar-refractivity contribution in [1.29, 1.82) is 0 Å². The zero-order valence-corrected chi connectivity index (χ0v) is 15.7. The summed E-state index contributed by atoms with van der Waals surface area (Å²) in [6.45, 7) is 3.33. The molecule has 1 atom stereocenters. The highest BCUT2D eigenvalue weighted by Gasteiger charge is 2.23. The molecule has 0 aliphatic heterocycles. The maximum Gasteiger partial charge on any atom is 0.281 e. The van der Waals surface area contributed by atoms with Crippen LogP contribution < -0.4 is 10.2 Å². The lowest BCUT2D eigenvalue weighted by Gasteiger charge is -2.24. The van der Waals surface area contributed by atoms with Crippen LogP contribution in [0.5, 0.6) is 0 Å². The standard InChI is InChI=1S/C19H26ClN3O2/c1-3-12-23(15-8-4-5-9-15)19(25)14-22(2)13-18(24)21-17-11-7-6-10-16(17)20/h6-8,10-11H,3-5,9,12-14H2,1-2H3,(H,21,24)/p+1. The Kier molecular flexibility index (Phi) is 7.47. The van der Waals surface area contributed by atoms with E-state index < -0.39 is 0 Å². The number of rotatable bonds is 8. The number of carbonyl (C=O) groups excluding carboxylic acids is 2. The van der Waals surface area contributed by atoms with Crippen LogP contribution in [-0.4, -0.2) is 43.4 Å². The molecule has 2 amide bonds. The van der Waals surface area contributed by atoms with E-state index in [-0.39, 0.29) is 18.4 Å². The monoisotopic (exact) mass is 364 g/mol. The molecule has 25 heavy (non-hydrogen) atoms. The Morgan fingerprint density at radius 1 is 1.28 bits per heavy atom. The van der Waals surface area contributed by atoms with Gasteiger partial charge in [0.2, 0.25) is 0 Å². The molecule has 5 nitrogen and oxygen atoms in total. The van der Waals surface area contributed by atoms with E-state index in [4.69, 9.17) is 11.6 Å². The molecule has 2 rings (SSSR count). The van der Waals surface area contributed by atoms with Crippen LogP contribution in [0.4, 0.5) is 5.69 Å². The molecule has 1 unspecified atom stereocenters. The first-order valence-electron chi connectivity index (χ1n) is 8.86. The first kappa shape index (κ1) is 19.5. The van der Waals surface area contributed by atoms with Crippen LogP contribution in [0.25, 0.3) is 0 Å². The number of halogens is 1. The molecule has 0 heterocycles. The normalized spacial score (nSPS) is 14.8. The average Bonchev–Trinajstić information content (AvgIpc) is 3.08. The molecule has 1 aromatic carbocycles. The van der Waals surface area contributed by atoms with Crippen molar-refractivity contribution in [2.75, 3.05) is 32.0 Å². The minimum Gasteiger partial charge on any atom is -0.322 e. The second-order valence-corrected chi connectivity index (χ2v) is 6.88. The van der Waals surface area contributed by atoms with Crippen molar-refractivity contribution >= 4 is 29.1 Å². The van der Waals surface area contributed by atoms with Crippen molar-refractivity contribution in [1.82, 2.24) is 4.90 Å². The van der Waals surface area contributed by atoms with E-state index >= 15 is 0 Å². The van der Waals surface area contributed by atoms with Crippen LogP contribution in [0.2, 0.25) is 5.02 Å². The Morgan fingerprint density at radius 2 is 2.04 bits per heavy atom. The molecule has 0 saturated carbocycles. The van der Waals surface area contributed by atoms with Crippen LogP contribution in [0.3, 0.4) is 0 Å². The van der Waals surface area contributed by atoms with Crippen LogP contribution in [-0.2, 0) is 9.59 Å². The van der Waals surface area contributed by atoms with E-state index in [0.717, 1.165) is 42.8 Å².